The fourth-order valence-corrected chi connectivity index (χ4v) is 2.80. The number of ether oxygens (including phenoxy) is 2. The van der Waals surface area contributed by atoms with Gasteiger partial charge in [0.2, 0.25) is 5.88 Å². The average Bonchev–Trinajstić information content (AvgIpc) is 2.91. The summed E-state index contributed by atoms with van der Waals surface area (Å²) in [6.07, 6.45) is 6.21. The van der Waals surface area contributed by atoms with Crippen molar-refractivity contribution >= 4 is 10.8 Å². The Labute approximate surface area is 118 Å². The zero-order chi connectivity index (χ0) is 14.0. The third-order valence-electron chi connectivity index (χ3n) is 4.03. The highest BCUT2D eigenvalue weighted by atomic mass is 16.5. The van der Waals surface area contributed by atoms with Crippen LogP contribution < -0.4 is 15.2 Å². The Kier molecular flexibility index (Phi) is 3.49. The molecule has 0 aliphatic heterocycles. The minimum atomic E-state index is -0.192. The van der Waals surface area contributed by atoms with Crippen LogP contribution in [-0.4, -0.2) is 24.2 Å². The largest absolute Gasteiger partial charge is 0.497 e. The summed E-state index contributed by atoms with van der Waals surface area (Å²) in [5.41, 5.74) is 6.14. The summed E-state index contributed by atoms with van der Waals surface area (Å²) < 4.78 is 11.2. The molecule has 1 aliphatic rings. The Balaban J connectivity index is 1.86. The molecule has 0 radical (unpaired) electrons. The number of hydrogen-bond acceptors (Lipinski definition) is 4. The molecular weight excluding hydrogens is 252 g/mol. The van der Waals surface area contributed by atoms with E-state index in [0.717, 1.165) is 29.4 Å². The molecule has 3 rings (SSSR count). The maximum Gasteiger partial charge on any atom is 0.221 e. The van der Waals surface area contributed by atoms with Gasteiger partial charge in [0.15, 0.2) is 0 Å². The smallest absolute Gasteiger partial charge is 0.221 e. The zero-order valence-corrected chi connectivity index (χ0v) is 11.8. The molecule has 2 N–H and O–H groups in total. The molecule has 0 bridgehead atoms. The highest BCUT2D eigenvalue weighted by molar-refractivity contribution is 5.87. The van der Waals surface area contributed by atoms with Crippen molar-refractivity contribution in [3.63, 3.8) is 0 Å². The van der Waals surface area contributed by atoms with Crippen molar-refractivity contribution in [2.75, 3.05) is 13.7 Å². The Morgan fingerprint density at radius 2 is 2.05 bits per heavy atom. The highest BCUT2D eigenvalue weighted by Gasteiger charge is 2.30. The highest BCUT2D eigenvalue weighted by Crippen LogP contribution is 2.30. The molecule has 20 heavy (non-hydrogen) atoms. The van der Waals surface area contributed by atoms with Crippen molar-refractivity contribution in [3.8, 4) is 11.6 Å². The van der Waals surface area contributed by atoms with Crippen molar-refractivity contribution in [2.24, 2.45) is 5.73 Å². The molecule has 0 saturated heterocycles. The summed E-state index contributed by atoms with van der Waals surface area (Å²) >= 11 is 0. The number of nitrogens with two attached hydrogens (primary N) is 1. The van der Waals surface area contributed by atoms with Crippen molar-refractivity contribution in [2.45, 2.75) is 31.2 Å². The van der Waals surface area contributed by atoms with E-state index in [9.17, 15) is 0 Å². The Bertz CT molecular complexity index is 606. The average molecular weight is 272 g/mol. The number of benzene rings is 1. The van der Waals surface area contributed by atoms with Gasteiger partial charge in [-0.25, -0.2) is 4.98 Å². The van der Waals surface area contributed by atoms with Crippen LogP contribution in [0.25, 0.3) is 10.8 Å². The number of fused-ring (bicyclic) bond motifs is 1. The second kappa shape index (κ2) is 5.29. The Hall–Kier alpha value is -1.81. The van der Waals surface area contributed by atoms with Crippen LogP contribution in [0.2, 0.25) is 0 Å². The third kappa shape index (κ3) is 2.56. The number of pyridine rings is 1. The molecule has 0 atom stereocenters. The standard InChI is InChI=1S/C16H20N2O2/c1-19-13-5-4-12-6-9-18-15(14(12)10-13)20-11-16(17)7-2-3-8-16/h4-6,9-10H,2-3,7-8,11,17H2,1H3. The van der Waals surface area contributed by atoms with E-state index in [1.54, 1.807) is 13.3 Å². The van der Waals surface area contributed by atoms with Gasteiger partial charge in [-0.3, -0.25) is 0 Å². The Morgan fingerprint density at radius 1 is 1.25 bits per heavy atom. The van der Waals surface area contributed by atoms with Crippen LogP contribution >= 0.6 is 0 Å². The van der Waals surface area contributed by atoms with Gasteiger partial charge in [0, 0.05) is 11.6 Å². The molecule has 1 saturated carbocycles. The van der Waals surface area contributed by atoms with E-state index in [1.807, 2.05) is 24.3 Å². The van der Waals surface area contributed by atoms with Gasteiger partial charge in [0.25, 0.3) is 0 Å². The van der Waals surface area contributed by atoms with E-state index in [0.29, 0.717) is 12.5 Å². The van der Waals surface area contributed by atoms with Gasteiger partial charge in [-0.2, -0.15) is 0 Å². The number of hydrogen-bond donors (Lipinski definition) is 1. The van der Waals surface area contributed by atoms with Crippen molar-refractivity contribution in [1.82, 2.24) is 4.98 Å². The van der Waals surface area contributed by atoms with Gasteiger partial charge in [-0.15, -0.1) is 0 Å². The fraction of sp³-hybridized carbons (Fsp3) is 0.438. The minimum absolute atomic E-state index is 0.192. The molecule has 106 valence electrons. The van der Waals surface area contributed by atoms with Gasteiger partial charge in [0.05, 0.1) is 12.6 Å². The lowest BCUT2D eigenvalue weighted by Crippen LogP contribution is -2.42. The predicted molar refractivity (Wildman–Crippen MR) is 79.2 cm³/mol. The van der Waals surface area contributed by atoms with Crippen LogP contribution in [-0.2, 0) is 0 Å². The van der Waals surface area contributed by atoms with E-state index in [-0.39, 0.29) is 5.54 Å². The van der Waals surface area contributed by atoms with Gasteiger partial charge in [0.1, 0.15) is 12.4 Å². The molecule has 1 aromatic carbocycles. The molecule has 0 amide bonds. The second-order valence-corrected chi connectivity index (χ2v) is 5.56. The molecular formula is C16H20N2O2. The lowest BCUT2D eigenvalue weighted by molar-refractivity contribution is 0.216. The first kappa shape index (κ1) is 13.2. The number of nitrogens with zero attached hydrogens (tertiary/aromatic N) is 1. The van der Waals surface area contributed by atoms with E-state index >= 15 is 0 Å². The maximum absolute atomic E-state index is 6.33. The molecule has 1 aliphatic carbocycles. The monoisotopic (exact) mass is 272 g/mol. The lowest BCUT2D eigenvalue weighted by atomic mass is 10.0. The van der Waals surface area contributed by atoms with E-state index in [1.165, 1.54) is 12.8 Å². The van der Waals surface area contributed by atoms with Gasteiger partial charge < -0.3 is 15.2 Å². The van der Waals surface area contributed by atoms with Gasteiger partial charge >= 0.3 is 0 Å². The van der Waals surface area contributed by atoms with Crippen LogP contribution in [0.1, 0.15) is 25.7 Å². The topological polar surface area (TPSA) is 57.4 Å². The minimum Gasteiger partial charge on any atom is -0.497 e. The molecule has 2 aromatic rings. The summed E-state index contributed by atoms with van der Waals surface area (Å²) in [7, 11) is 1.66. The summed E-state index contributed by atoms with van der Waals surface area (Å²) in [6.45, 7) is 0.524. The maximum atomic E-state index is 6.33. The van der Waals surface area contributed by atoms with Crippen LogP contribution in [0.15, 0.2) is 30.5 Å². The summed E-state index contributed by atoms with van der Waals surface area (Å²) in [5.74, 6) is 1.44. The number of rotatable bonds is 4. The summed E-state index contributed by atoms with van der Waals surface area (Å²) in [5, 5.41) is 2.06. The molecule has 1 heterocycles. The first-order valence-corrected chi connectivity index (χ1v) is 7.05. The predicted octanol–water partition coefficient (Wildman–Crippen LogP) is 2.89. The molecule has 4 heteroatoms. The van der Waals surface area contributed by atoms with Crippen LogP contribution in [0.3, 0.4) is 0 Å². The van der Waals surface area contributed by atoms with Crippen molar-refractivity contribution < 1.29 is 9.47 Å². The normalized spacial score (nSPS) is 17.3. The van der Waals surface area contributed by atoms with Crippen LogP contribution in [0, 0.1) is 0 Å². The van der Waals surface area contributed by atoms with Crippen molar-refractivity contribution in [3.05, 3.63) is 30.5 Å². The molecule has 4 nitrogen and oxygen atoms in total. The summed E-state index contributed by atoms with van der Waals surface area (Å²) in [6, 6.07) is 7.87. The Morgan fingerprint density at radius 3 is 2.80 bits per heavy atom. The quantitative estimate of drug-likeness (QED) is 0.929. The number of methoxy groups -OCH3 is 1. The fourth-order valence-electron chi connectivity index (χ4n) is 2.80. The molecule has 1 aromatic heterocycles. The zero-order valence-electron chi connectivity index (χ0n) is 11.8. The SMILES string of the molecule is COc1ccc2ccnc(OCC3(N)CCCC3)c2c1. The first-order chi connectivity index (χ1) is 9.70. The van der Waals surface area contributed by atoms with Crippen molar-refractivity contribution in [1.29, 1.82) is 0 Å². The van der Waals surface area contributed by atoms with Gasteiger partial charge in [-0.1, -0.05) is 18.9 Å². The summed E-state index contributed by atoms with van der Waals surface area (Å²) in [4.78, 5) is 4.34. The molecule has 0 spiro atoms. The molecule has 1 fully saturated rings. The van der Waals surface area contributed by atoms with Gasteiger partial charge in [-0.05, 0) is 36.4 Å². The number of aromatic nitrogens is 1. The first-order valence-electron chi connectivity index (χ1n) is 7.05. The molecule has 0 unspecified atom stereocenters. The second-order valence-electron chi connectivity index (χ2n) is 5.56. The van der Waals surface area contributed by atoms with E-state index in [4.69, 9.17) is 15.2 Å². The van der Waals surface area contributed by atoms with E-state index < -0.39 is 0 Å². The van der Waals surface area contributed by atoms with Crippen LogP contribution in [0.5, 0.6) is 11.6 Å². The van der Waals surface area contributed by atoms with E-state index in [2.05, 4.69) is 4.98 Å². The van der Waals surface area contributed by atoms with Crippen LogP contribution in [0.4, 0.5) is 0 Å². The third-order valence-corrected chi connectivity index (χ3v) is 4.03. The lowest BCUT2D eigenvalue weighted by Gasteiger charge is -2.23.